The van der Waals surface area contributed by atoms with E-state index in [1.807, 2.05) is 0 Å². The number of halogens is 2. The first kappa shape index (κ1) is 20.3. The largest absolute Gasteiger partial charge is 0.465 e. The van der Waals surface area contributed by atoms with E-state index in [2.05, 4.69) is 10.1 Å². The van der Waals surface area contributed by atoms with Crippen LogP contribution in [0.2, 0.25) is 0 Å². The molecule has 0 saturated carbocycles. The Labute approximate surface area is 154 Å². The molecule has 0 unspecified atom stereocenters. The first-order valence-corrected chi connectivity index (χ1v) is 9.37. The van der Waals surface area contributed by atoms with Gasteiger partial charge in [-0.25, -0.2) is 22.0 Å². The SMILES string of the molecule is COC(=O)c1cccc(N(CC(=O)Nc2ccc(F)cc2F)S(C)(=O)=O)c1. The quantitative estimate of drug-likeness (QED) is 0.753. The molecule has 2 aromatic carbocycles. The number of rotatable bonds is 6. The number of nitrogens with one attached hydrogen (secondary N) is 1. The molecule has 1 N–H and O–H groups in total. The molecule has 0 radical (unpaired) electrons. The van der Waals surface area contributed by atoms with Crippen molar-refractivity contribution in [2.24, 2.45) is 0 Å². The van der Waals surface area contributed by atoms with E-state index in [9.17, 15) is 26.8 Å². The summed E-state index contributed by atoms with van der Waals surface area (Å²) in [5, 5.41) is 2.18. The van der Waals surface area contributed by atoms with Gasteiger partial charge in [0.1, 0.15) is 18.2 Å². The van der Waals surface area contributed by atoms with Gasteiger partial charge in [-0.1, -0.05) is 6.07 Å². The Balaban J connectivity index is 2.27. The van der Waals surface area contributed by atoms with Crippen LogP contribution >= 0.6 is 0 Å². The molecule has 2 aromatic rings. The molecule has 10 heteroatoms. The van der Waals surface area contributed by atoms with Gasteiger partial charge in [0.25, 0.3) is 0 Å². The maximum atomic E-state index is 13.6. The van der Waals surface area contributed by atoms with E-state index in [4.69, 9.17) is 0 Å². The van der Waals surface area contributed by atoms with Crippen LogP contribution in [0.3, 0.4) is 0 Å². The van der Waals surface area contributed by atoms with E-state index in [0.717, 1.165) is 22.7 Å². The Morgan fingerprint density at radius 1 is 1.15 bits per heavy atom. The Morgan fingerprint density at radius 3 is 2.44 bits per heavy atom. The summed E-state index contributed by atoms with van der Waals surface area (Å²) in [5.74, 6) is -3.35. The van der Waals surface area contributed by atoms with Crippen LogP contribution < -0.4 is 9.62 Å². The zero-order valence-electron chi connectivity index (χ0n) is 14.4. The minimum atomic E-state index is -3.90. The lowest BCUT2D eigenvalue weighted by Gasteiger charge is -2.22. The van der Waals surface area contributed by atoms with Crippen LogP contribution in [0, 0.1) is 11.6 Å². The van der Waals surface area contributed by atoms with Crippen LogP contribution in [-0.2, 0) is 19.6 Å². The van der Waals surface area contributed by atoms with E-state index in [1.165, 1.54) is 31.4 Å². The van der Waals surface area contributed by atoms with Crippen LogP contribution in [0.15, 0.2) is 42.5 Å². The van der Waals surface area contributed by atoms with Gasteiger partial charge >= 0.3 is 5.97 Å². The van der Waals surface area contributed by atoms with Gasteiger partial charge in [-0.05, 0) is 30.3 Å². The van der Waals surface area contributed by atoms with E-state index < -0.39 is 40.1 Å². The Bertz CT molecular complexity index is 979. The van der Waals surface area contributed by atoms with Crippen LogP contribution in [0.25, 0.3) is 0 Å². The summed E-state index contributed by atoms with van der Waals surface area (Å²) in [6.45, 7) is -0.680. The summed E-state index contributed by atoms with van der Waals surface area (Å²) in [5.41, 5.74) is -0.151. The topological polar surface area (TPSA) is 92.8 Å². The van der Waals surface area contributed by atoms with Crippen LogP contribution in [0.5, 0.6) is 0 Å². The van der Waals surface area contributed by atoms with Gasteiger partial charge in [-0.15, -0.1) is 0 Å². The van der Waals surface area contributed by atoms with Crippen molar-refractivity contribution in [3.8, 4) is 0 Å². The Morgan fingerprint density at radius 2 is 1.85 bits per heavy atom. The maximum absolute atomic E-state index is 13.6. The summed E-state index contributed by atoms with van der Waals surface area (Å²) in [4.78, 5) is 23.8. The summed E-state index contributed by atoms with van der Waals surface area (Å²) >= 11 is 0. The van der Waals surface area contributed by atoms with Crippen molar-refractivity contribution in [3.05, 3.63) is 59.7 Å². The van der Waals surface area contributed by atoms with Gasteiger partial charge in [-0.2, -0.15) is 0 Å². The predicted molar refractivity (Wildman–Crippen MR) is 95.0 cm³/mol. The summed E-state index contributed by atoms with van der Waals surface area (Å²) in [6.07, 6.45) is 0.879. The molecule has 0 atom stereocenters. The third-order valence-electron chi connectivity index (χ3n) is 3.45. The fourth-order valence-electron chi connectivity index (χ4n) is 2.22. The summed E-state index contributed by atoms with van der Waals surface area (Å²) in [7, 11) is -2.73. The Kier molecular flexibility index (Phi) is 6.11. The highest BCUT2D eigenvalue weighted by atomic mass is 32.2. The molecule has 0 spiro atoms. The number of ether oxygens (including phenoxy) is 1. The molecule has 2 rings (SSSR count). The number of carbonyl (C=O) groups excluding carboxylic acids is 2. The molecular weight excluding hydrogens is 382 g/mol. The number of nitrogens with zero attached hydrogens (tertiary/aromatic N) is 1. The molecule has 0 saturated heterocycles. The van der Waals surface area contributed by atoms with E-state index >= 15 is 0 Å². The van der Waals surface area contributed by atoms with Crippen molar-refractivity contribution in [2.75, 3.05) is 29.5 Å². The maximum Gasteiger partial charge on any atom is 0.337 e. The highest BCUT2D eigenvalue weighted by Crippen LogP contribution is 2.20. The van der Waals surface area contributed by atoms with Crippen molar-refractivity contribution >= 4 is 33.3 Å². The fourth-order valence-corrected chi connectivity index (χ4v) is 3.07. The lowest BCUT2D eigenvalue weighted by atomic mass is 10.2. The molecule has 7 nitrogen and oxygen atoms in total. The molecule has 27 heavy (non-hydrogen) atoms. The number of amides is 1. The summed E-state index contributed by atoms with van der Waals surface area (Å²) < 4.78 is 56.1. The third-order valence-corrected chi connectivity index (χ3v) is 4.59. The lowest BCUT2D eigenvalue weighted by molar-refractivity contribution is -0.114. The number of hydrogen-bond acceptors (Lipinski definition) is 5. The molecule has 144 valence electrons. The van der Waals surface area contributed by atoms with Gasteiger partial charge in [0.2, 0.25) is 15.9 Å². The van der Waals surface area contributed by atoms with Crippen molar-refractivity contribution < 1.29 is 31.5 Å². The van der Waals surface area contributed by atoms with Gasteiger partial charge in [0.05, 0.1) is 30.3 Å². The standard InChI is InChI=1S/C17H16F2N2O5S/c1-26-17(23)11-4-3-5-13(8-11)21(27(2,24)25)10-16(22)20-15-7-6-12(18)9-14(15)19/h3-9H,10H2,1-2H3,(H,20,22). The minimum Gasteiger partial charge on any atom is -0.465 e. The van der Waals surface area contributed by atoms with Gasteiger partial charge in [0, 0.05) is 6.07 Å². The predicted octanol–water partition coefficient (Wildman–Crippen LogP) is 2.16. The molecule has 1 amide bonds. The fraction of sp³-hybridized carbons (Fsp3) is 0.176. The van der Waals surface area contributed by atoms with E-state index in [-0.39, 0.29) is 16.9 Å². The smallest absolute Gasteiger partial charge is 0.337 e. The number of carbonyl (C=O) groups is 2. The first-order chi connectivity index (χ1) is 12.6. The number of benzene rings is 2. The number of esters is 1. The normalized spacial score (nSPS) is 11.0. The molecule has 0 fully saturated rings. The molecule has 0 aliphatic heterocycles. The second-order valence-electron chi connectivity index (χ2n) is 5.48. The highest BCUT2D eigenvalue weighted by Gasteiger charge is 2.22. The van der Waals surface area contributed by atoms with Crippen LogP contribution in [-0.4, -0.2) is 40.2 Å². The first-order valence-electron chi connectivity index (χ1n) is 7.53. The average Bonchev–Trinajstić information content (AvgIpc) is 2.60. The van der Waals surface area contributed by atoms with Crippen LogP contribution in [0.1, 0.15) is 10.4 Å². The third kappa shape index (κ3) is 5.23. The molecule has 0 heterocycles. The van der Waals surface area contributed by atoms with Crippen molar-refractivity contribution in [2.45, 2.75) is 0 Å². The second kappa shape index (κ2) is 8.12. The zero-order chi connectivity index (χ0) is 20.2. The average molecular weight is 398 g/mol. The Hall–Kier alpha value is -3.01. The molecular formula is C17H16F2N2O5S. The van der Waals surface area contributed by atoms with Crippen LogP contribution in [0.4, 0.5) is 20.2 Å². The minimum absolute atomic E-state index is 0.0510. The number of anilines is 2. The zero-order valence-corrected chi connectivity index (χ0v) is 15.2. The molecule has 0 bridgehead atoms. The van der Waals surface area contributed by atoms with Gasteiger partial charge < -0.3 is 10.1 Å². The van der Waals surface area contributed by atoms with Gasteiger partial charge in [-0.3, -0.25) is 9.10 Å². The van der Waals surface area contributed by atoms with Crippen molar-refractivity contribution in [1.29, 1.82) is 0 Å². The molecule has 0 aliphatic carbocycles. The van der Waals surface area contributed by atoms with Crippen molar-refractivity contribution in [3.63, 3.8) is 0 Å². The summed E-state index contributed by atoms with van der Waals surface area (Å²) in [6, 6.07) is 8.04. The van der Waals surface area contributed by atoms with E-state index in [0.29, 0.717) is 6.07 Å². The number of hydrogen-bond donors (Lipinski definition) is 1. The molecule has 0 aromatic heterocycles. The van der Waals surface area contributed by atoms with Crippen molar-refractivity contribution in [1.82, 2.24) is 0 Å². The van der Waals surface area contributed by atoms with Gasteiger partial charge in [0.15, 0.2) is 0 Å². The monoisotopic (exact) mass is 398 g/mol. The number of sulfonamides is 1. The lowest BCUT2D eigenvalue weighted by Crippen LogP contribution is -2.37. The highest BCUT2D eigenvalue weighted by molar-refractivity contribution is 7.92. The second-order valence-corrected chi connectivity index (χ2v) is 7.39. The number of methoxy groups -OCH3 is 1. The van der Waals surface area contributed by atoms with E-state index in [1.54, 1.807) is 0 Å². The molecule has 0 aliphatic rings.